The fourth-order valence-electron chi connectivity index (χ4n) is 3.06. The van der Waals surface area contributed by atoms with E-state index < -0.39 is 30.0 Å². The van der Waals surface area contributed by atoms with Crippen molar-refractivity contribution in [3.05, 3.63) is 12.2 Å². The molecule has 0 aliphatic carbocycles. The maximum atomic E-state index is 12.5. The van der Waals surface area contributed by atoms with Gasteiger partial charge in [0.15, 0.2) is 13.1 Å². The average molecular weight is 264 g/mol. The van der Waals surface area contributed by atoms with E-state index in [1.165, 1.54) is 0 Å². The molecule has 3 heterocycles. The summed E-state index contributed by atoms with van der Waals surface area (Å²) in [5, 5.41) is 11.2. The molecule has 3 aliphatic heterocycles. The lowest BCUT2D eigenvalue weighted by atomic mass is 9.82. The molecule has 1 amide bonds. The summed E-state index contributed by atoms with van der Waals surface area (Å²) in [4.78, 5) is 25.4. The summed E-state index contributed by atoms with van der Waals surface area (Å²) in [6.07, 6.45) is 2.56. The second-order valence-electron chi connectivity index (χ2n) is 5.26. The molecular formula is C13H16N2O4. The van der Waals surface area contributed by atoms with E-state index in [9.17, 15) is 14.7 Å². The highest BCUT2D eigenvalue weighted by molar-refractivity contribution is 5.86. The van der Waals surface area contributed by atoms with Gasteiger partial charge in [0.25, 0.3) is 0 Å². The molecule has 0 radical (unpaired) electrons. The second-order valence-corrected chi connectivity index (χ2v) is 5.26. The monoisotopic (exact) mass is 264 g/mol. The normalized spacial score (nSPS) is 36.8. The molecule has 2 unspecified atom stereocenters. The van der Waals surface area contributed by atoms with Gasteiger partial charge in [0.1, 0.15) is 6.72 Å². The minimum absolute atomic E-state index is 0.140. The third kappa shape index (κ3) is 1.96. The molecule has 3 aliphatic rings. The Kier molecular flexibility index (Phi) is 2.89. The van der Waals surface area contributed by atoms with Gasteiger partial charge >= 0.3 is 0 Å². The van der Waals surface area contributed by atoms with Crippen molar-refractivity contribution >= 4 is 18.6 Å². The molecular weight excluding hydrogens is 248 g/mol. The Morgan fingerprint density at radius 1 is 1.21 bits per heavy atom. The van der Waals surface area contributed by atoms with E-state index in [1.54, 1.807) is 17.1 Å². The van der Waals surface area contributed by atoms with Gasteiger partial charge in [-0.05, 0) is 0 Å². The molecule has 0 aromatic heterocycles. The summed E-state index contributed by atoms with van der Waals surface area (Å²) < 4.78 is 7.39. The third-order valence-corrected chi connectivity index (χ3v) is 4.14. The number of carboxylic acids is 1. The molecule has 6 heteroatoms. The van der Waals surface area contributed by atoms with Crippen LogP contribution in [0.5, 0.6) is 0 Å². The molecule has 0 spiro atoms. The largest absolute Gasteiger partial charge is 0.550 e. The van der Waals surface area contributed by atoms with Crippen molar-refractivity contribution in [1.82, 2.24) is 4.90 Å². The minimum atomic E-state index is -1.20. The molecule has 0 saturated carbocycles. The van der Waals surface area contributed by atoms with Crippen molar-refractivity contribution < 1.29 is 24.0 Å². The van der Waals surface area contributed by atoms with Gasteiger partial charge in [-0.15, -0.1) is 0 Å². The molecule has 2 bridgehead atoms. The van der Waals surface area contributed by atoms with Gasteiger partial charge in [-0.3, -0.25) is 4.79 Å². The van der Waals surface area contributed by atoms with Gasteiger partial charge in [-0.2, -0.15) is 0 Å². The first-order valence-electron chi connectivity index (χ1n) is 6.47. The Hall–Kier alpha value is -1.69. The lowest BCUT2D eigenvalue weighted by Gasteiger charge is -2.32. The third-order valence-electron chi connectivity index (χ3n) is 4.14. The number of carboxylic acid groups (broad SMARTS) is 1. The first-order chi connectivity index (χ1) is 9.08. The summed E-state index contributed by atoms with van der Waals surface area (Å²) in [6, 6.07) is 0. The first-order valence-corrected chi connectivity index (χ1v) is 6.47. The topological polar surface area (TPSA) is 72.7 Å². The number of carbonyl (C=O) groups excluding carboxylic acids is 2. The van der Waals surface area contributed by atoms with Crippen LogP contribution in [0.25, 0.3) is 0 Å². The number of piperazine rings is 1. The molecule has 0 aromatic rings. The summed E-state index contributed by atoms with van der Waals surface area (Å²) in [5.41, 5.74) is 0. The number of nitrogens with zero attached hydrogens (tertiary/aromatic N) is 2. The fourth-order valence-corrected chi connectivity index (χ4v) is 3.06. The van der Waals surface area contributed by atoms with Crippen LogP contribution in [0.3, 0.4) is 0 Å². The van der Waals surface area contributed by atoms with Gasteiger partial charge in [0, 0.05) is 11.9 Å². The number of rotatable bonds is 2. The maximum absolute atomic E-state index is 12.5. The van der Waals surface area contributed by atoms with Crippen molar-refractivity contribution in [2.45, 2.75) is 12.2 Å². The minimum Gasteiger partial charge on any atom is -0.550 e. The van der Waals surface area contributed by atoms with E-state index >= 15 is 0 Å². The number of aliphatic carboxylic acids is 1. The predicted molar refractivity (Wildman–Crippen MR) is 63.5 cm³/mol. The molecule has 4 atom stereocenters. The van der Waals surface area contributed by atoms with Crippen LogP contribution in [0.2, 0.25) is 0 Å². The van der Waals surface area contributed by atoms with E-state index in [4.69, 9.17) is 4.74 Å². The molecule has 0 aromatic carbocycles. The second kappa shape index (κ2) is 4.45. The van der Waals surface area contributed by atoms with Crippen molar-refractivity contribution in [2.75, 3.05) is 26.2 Å². The Morgan fingerprint density at radius 3 is 2.37 bits per heavy atom. The smallest absolute Gasteiger partial charge is 0.229 e. The van der Waals surface area contributed by atoms with Crippen LogP contribution in [0.4, 0.5) is 0 Å². The lowest BCUT2D eigenvalue weighted by Crippen LogP contribution is -2.52. The Labute approximate surface area is 111 Å². The highest BCUT2D eigenvalue weighted by Gasteiger charge is 2.51. The van der Waals surface area contributed by atoms with E-state index in [0.717, 1.165) is 0 Å². The standard InChI is InChI=1S/C13H16N2O4/c1-14-4-6-15(7-5-14)12(16)10-8-2-3-9(19-8)11(10)13(17)18/h2-3,8-11H,1,4-7H2/t8-,9+,10?,11?/m0/s1. The Bertz CT molecular complexity index is 463. The number of fused-ring (bicyclic) bond motifs is 2. The fraction of sp³-hybridized carbons (Fsp3) is 0.615. The van der Waals surface area contributed by atoms with Crippen LogP contribution >= 0.6 is 0 Å². The van der Waals surface area contributed by atoms with Gasteiger partial charge in [0.05, 0.1) is 31.2 Å². The molecule has 6 nitrogen and oxygen atoms in total. The number of hydrogen-bond acceptors (Lipinski definition) is 4. The zero-order valence-corrected chi connectivity index (χ0v) is 10.5. The number of amides is 1. The SMILES string of the molecule is C=[N+]1CCN(C(=O)C2C(C(=O)[O-])[C@H]3C=C[C@@H]2O3)CC1. The molecule has 2 fully saturated rings. The van der Waals surface area contributed by atoms with Gasteiger partial charge in [-0.1, -0.05) is 12.2 Å². The van der Waals surface area contributed by atoms with Gasteiger partial charge in [-0.25, -0.2) is 4.58 Å². The molecule has 19 heavy (non-hydrogen) atoms. The van der Waals surface area contributed by atoms with E-state index in [2.05, 4.69) is 6.72 Å². The van der Waals surface area contributed by atoms with Crippen molar-refractivity contribution in [1.29, 1.82) is 0 Å². The quantitative estimate of drug-likeness (QED) is 0.421. The van der Waals surface area contributed by atoms with Crippen molar-refractivity contribution in [2.24, 2.45) is 11.8 Å². The number of ether oxygens (including phenoxy) is 1. The molecule has 2 saturated heterocycles. The maximum Gasteiger partial charge on any atom is 0.229 e. The summed E-state index contributed by atoms with van der Waals surface area (Å²) in [5.74, 6) is -2.85. The molecule has 102 valence electrons. The van der Waals surface area contributed by atoms with Gasteiger partial charge < -0.3 is 19.5 Å². The van der Waals surface area contributed by atoms with Gasteiger partial charge in [0.2, 0.25) is 5.91 Å². The lowest BCUT2D eigenvalue weighted by molar-refractivity contribution is -0.530. The summed E-state index contributed by atoms with van der Waals surface area (Å²) >= 11 is 0. The average Bonchev–Trinajstić information content (AvgIpc) is 2.98. The number of hydrogen-bond donors (Lipinski definition) is 0. The highest BCUT2D eigenvalue weighted by Crippen LogP contribution is 2.39. The van der Waals surface area contributed by atoms with Crippen LogP contribution in [0.15, 0.2) is 12.2 Å². The van der Waals surface area contributed by atoms with Crippen LogP contribution in [-0.4, -0.2) is 66.5 Å². The number of carbonyl (C=O) groups is 2. The van der Waals surface area contributed by atoms with Crippen LogP contribution in [0.1, 0.15) is 0 Å². The van der Waals surface area contributed by atoms with Crippen molar-refractivity contribution in [3.8, 4) is 0 Å². The van der Waals surface area contributed by atoms with E-state index in [0.29, 0.717) is 26.2 Å². The zero-order valence-electron chi connectivity index (χ0n) is 10.5. The summed E-state index contributed by atoms with van der Waals surface area (Å²) in [7, 11) is 0. The molecule has 0 N–H and O–H groups in total. The zero-order chi connectivity index (χ0) is 13.6. The Balaban J connectivity index is 1.77. The summed E-state index contributed by atoms with van der Waals surface area (Å²) in [6.45, 7) is 6.41. The van der Waals surface area contributed by atoms with Crippen molar-refractivity contribution in [3.63, 3.8) is 0 Å². The predicted octanol–water partition coefficient (Wildman–Crippen LogP) is -2.14. The highest BCUT2D eigenvalue weighted by atomic mass is 16.5. The molecule has 3 rings (SSSR count). The van der Waals surface area contributed by atoms with Crippen LogP contribution in [-0.2, 0) is 14.3 Å². The van der Waals surface area contributed by atoms with Crippen LogP contribution < -0.4 is 5.11 Å². The first kappa shape index (κ1) is 12.3. The van der Waals surface area contributed by atoms with Crippen LogP contribution in [0, 0.1) is 11.8 Å². The van der Waals surface area contributed by atoms with E-state index in [1.807, 2.05) is 4.58 Å². The van der Waals surface area contributed by atoms with E-state index in [-0.39, 0.29) is 5.91 Å². The Morgan fingerprint density at radius 2 is 1.79 bits per heavy atom.